The number of carbonyl (C=O) groups excluding carboxylic acids is 3. The number of morpholine rings is 1. The topological polar surface area (TPSA) is 87.2 Å². The molecule has 1 unspecified atom stereocenters. The Balaban J connectivity index is 1.87. The van der Waals surface area contributed by atoms with Gasteiger partial charge in [-0.3, -0.25) is 19.3 Å². The molecule has 0 radical (unpaired) electrons. The number of amides is 3. The normalized spacial score (nSPS) is 20.4. The number of fused-ring (bicyclic) bond motifs is 1. The molecule has 2 aliphatic rings. The number of aliphatic hydroxyl groups excluding tert-OH is 1. The van der Waals surface area contributed by atoms with E-state index in [0.29, 0.717) is 30.8 Å². The Labute approximate surface area is 146 Å². The monoisotopic (exact) mass is 346 g/mol. The molecule has 1 saturated heterocycles. The molecule has 3 amide bonds. The maximum absolute atomic E-state index is 12.8. The van der Waals surface area contributed by atoms with Gasteiger partial charge in [0.1, 0.15) is 0 Å². The van der Waals surface area contributed by atoms with E-state index in [-0.39, 0.29) is 42.4 Å². The molecule has 1 aromatic rings. The number of carbonyl (C=O) groups is 3. The van der Waals surface area contributed by atoms with Crippen molar-refractivity contribution in [1.82, 2.24) is 9.80 Å². The first-order chi connectivity index (χ1) is 11.9. The predicted octanol–water partition coefficient (Wildman–Crippen LogP) is 0.772. The van der Waals surface area contributed by atoms with Crippen molar-refractivity contribution in [2.45, 2.75) is 19.9 Å². The van der Waals surface area contributed by atoms with Crippen molar-refractivity contribution < 1.29 is 24.2 Å². The van der Waals surface area contributed by atoms with Crippen molar-refractivity contribution in [3.05, 3.63) is 34.9 Å². The highest BCUT2D eigenvalue weighted by atomic mass is 16.5. The first-order valence-electron chi connectivity index (χ1n) is 8.43. The van der Waals surface area contributed by atoms with Crippen molar-refractivity contribution in [2.75, 3.05) is 32.9 Å². The third-order valence-corrected chi connectivity index (χ3v) is 4.46. The maximum Gasteiger partial charge on any atom is 0.261 e. The minimum atomic E-state index is -0.399. The summed E-state index contributed by atoms with van der Waals surface area (Å²) in [6, 6.07) is 4.19. The van der Waals surface area contributed by atoms with E-state index in [1.165, 1.54) is 17.0 Å². The van der Waals surface area contributed by atoms with E-state index in [2.05, 4.69) is 0 Å². The number of nitrogens with zero attached hydrogens (tertiary/aromatic N) is 2. The van der Waals surface area contributed by atoms with Gasteiger partial charge in [0, 0.05) is 18.7 Å². The fraction of sp³-hybridized carbons (Fsp3) is 0.500. The lowest BCUT2D eigenvalue weighted by Gasteiger charge is -2.34. The quantitative estimate of drug-likeness (QED) is 0.814. The number of rotatable bonds is 4. The summed E-state index contributed by atoms with van der Waals surface area (Å²) in [5.74, 6) is -0.772. The number of benzene rings is 1. The van der Waals surface area contributed by atoms with Crippen molar-refractivity contribution in [2.24, 2.45) is 5.92 Å². The lowest BCUT2D eigenvalue weighted by molar-refractivity contribution is -0.0183. The highest BCUT2D eigenvalue weighted by molar-refractivity contribution is 6.22. The molecule has 2 heterocycles. The predicted molar refractivity (Wildman–Crippen MR) is 89.4 cm³/mol. The number of hydrogen-bond acceptors (Lipinski definition) is 5. The van der Waals surface area contributed by atoms with Crippen molar-refractivity contribution in [1.29, 1.82) is 0 Å². The molecule has 0 bridgehead atoms. The molecule has 0 spiro atoms. The highest BCUT2D eigenvalue weighted by Crippen LogP contribution is 2.26. The van der Waals surface area contributed by atoms with Crippen molar-refractivity contribution >= 4 is 17.7 Å². The van der Waals surface area contributed by atoms with E-state index in [1.54, 1.807) is 11.0 Å². The number of hydrogen-bond donors (Lipinski definition) is 1. The second-order valence-corrected chi connectivity index (χ2v) is 6.78. The summed E-state index contributed by atoms with van der Waals surface area (Å²) in [6.07, 6.45) is 0. The Kier molecular flexibility index (Phi) is 4.87. The van der Waals surface area contributed by atoms with Gasteiger partial charge >= 0.3 is 0 Å². The van der Waals surface area contributed by atoms with Crippen LogP contribution in [0.15, 0.2) is 18.2 Å². The highest BCUT2D eigenvalue weighted by Gasteiger charge is 2.37. The summed E-state index contributed by atoms with van der Waals surface area (Å²) >= 11 is 0. The average Bonchev–Trinajstić information content (AvgIpc) is 2.85. The first-order valence-corrected chi connectivity index (χ1v) is 8.43. The molecule has 0 saturated carbocycles. The third kappa shape index (κ3) is 3.17. The molecule has 2 aliphatic heterocycles. The third-order valence-electron chi connectivity index (χ3n) is 4.46. The van der Waals surface area contributed by atoms with Crippen LogP contribution in [0.5, 0.6) is 0 Å². The van der Waals surface area contributed by atoms with E-state index in [1.807, 2.05) is 13.8 Å². The van der Waals surface area contributed by atoms with Crippen molar-refractivity contribution in [3.8, 4) is 0 Å². The summed E-state index contributed by atoms with van der Waals surface area (Å²) in [6.45, 7) is 5.12. The van der Waals surface area contributed by atoms with Crippen LogP contribution in [0, 0.1) is 5.92 Å². The van der Waals surface area contributed by atoms with Crippen LogP contribution in [0.2, 0.25) is 0 Å². The van der Waals surface area contributed by atoms with E-state index >= 15 is 0 Å². The number of ether oxygens (including phenoxy) is 1. The summed E-state index contributed by atoms with van der Waals surface area (Å²) < 4.78 is 5.29. The molecule has 134 valence electrons. The van der Waals surface area contributed by atoms with Gasteiger partial charge in [-0.05, 0) is 24.1 Å². The maximum atomic E-state index is 12.8. The molecule has 1 fully saturated rings. The van der Waals surface area contributed by atoms with Crippen LogP contribution in [0.4, 0.5) is 0 Å². The van der Waals surface area contributed by atoms with Gasteiger partial charge in [0.05, 0.1) is 37.0 Å². The molecule has 7 heteroatoms. The molecule has 1 N–H and O–H groups in total. The number of aliphatic hydroxyl groups is 1. The van der Waals surface area contributed by atoms with Gasteiger partial charge in [0.2, 0.25) is 0 Å². The Morgan fingerprint density at radius 3 is 2.68 bits per heavy atom. The van der Waals surface area contributed by atoms with Gasteiger partial charge in [-0.25, -0.2) is 0 Å². The van der Waals surface area contributed by atoms with Crippen LogP contribution in [0.25, 0.3) is 0 Å². The molecule has 3 rings (SSSR count). The zero-order valence-corrected chi connectivity index (χ0v) is 14.4. The second-order valence-electron chi connectivity index (χ2n) is 6.78. The van der Waals surface area contributed by atoms with Crippen LogP contribution in [-0.2, 0) is 4.74 Å². The smallest absolute Gasteiger partial charge is 0.261 e. The van der Waals surface area contributed by atoms with Crippen LogP contribution in [0.1, 0.15) is 44.9 Å². The SMILES string of the molecule is CC(C)CN1C(=O)c2ccc(C(=O)N3CCOCC3CO)cc2C1=O. The van der Waals surface area contributed by atoms with Gasteiger partial charge < -0.3 is 14.7 Å². The van der Waals surface area contributed by atoms with Crippen LogP contribution >= 0.6 is 0 Å². The van der Waals surface area contributed by atoms with Gasteiger partial charge in [0.15, 0.2) is 0 Å². The average molecular weight is 346 g/mol. The Morgan fingerprint density at radius 1 is 1.28 bits per heavy atom. The zero-order valence-electron chi connectivity index (χ0n) is 14.4. The Morgan fingerprint density at radius 2 is 2.00 bits per heavy atom. The molecular formula is C18H22N2O5. The fourth-order valence-electron chi connectivity index (χ4n) is 3.19. The largest absolute Gasteiger partial charge is 0.394 e. The minimum absolute atomic E-state index is 0.168. The van der Waals surface area contributed by atoms with Crippen LogP contribution in [-0.4, -0.2) is 71.6 Å². The van der Waals surface area contributed by atoms with Gasteiger partial charge in [-0.2, -0.15) is 0 Å². The second kappa shape index (κ2) is 6.93. The van der Waals surface area contributed by atoms with E-state index in [9.17, 15) is 19.5 Å². The lowest BCUT2D eigenvalue weighted by Crippen LogP contribution is -2.50. The van der Waals surface area contributed by atoms with Gasteiger partial charge in [0.25, 0.3) is 17.7 Å². The van der Waals surface area contributed by atoms with E-state index < -0.39 is 6.04 Å². The molecule has 0 aromatic heterocycles. The molecule has 1 aromatic carbocycles. The summed E-state index contributed by atoms with van der Waals surface area (Å²) in [7, 11) is 0. The van der Waals surface area contributed by atoms with Crippen LogP contribution < -0.4 is 0 Å². The molecule has 25 heavy (non-hydrogen) atoms. The zero-order chi connectivity index (χ0) is 18.1. The van der Waals surface area contributed by atoms with Gasteiger partial charge in [-0.1, -0.05) is 13.8 Å². The minimum Gasteiger partial charge on any atom is -0.394 e. The fourth-order valence-corrected chi connectivity index (χ4v) is 3.19. The molecule has 7 nitrogen and oxygen atoms in total. The lowest BCUT2D eigenvalue weighted by atomic mass is 10.0. The summed E-state index contributed by atoms with van der Waals surface area (Å²) in [5, 5.41) is 9.43. The van der Waals surface area contributed by atoms with E-state index in [4.69, 9.17) is 4.74 Å². The molecular weight excluding hydrogens is 324 g/mol. The Hall–Kier alpha value is -2.25. The summed E-state index contributed by atoms with van der Waals surface area (Å²) in [4.78, 5) is 40.5. The Bertz CT molecular complexity index is 715. The van der Waals surface area contributed by atoms with Crippen LogP contribution in [0.3, 0.4) is 0 Å². The van der Waals surface area contributed by atoms with E-state index in [0.717, 1.165) is 0 Å². The van der Waals surface area contributed by atoms with Gasteiger partial charge in [-0.15, -0.1) is 0 Å². The first kappa shape index (κ1) is 17.6. The number of imide groups is 1. The summed E-state index contributed by atoms with van der Waals surface area (Å²) in [5.41, 5.74) is 0.944. The molecule has 0 aliphatic carbocycles. The molecule has 1 atom stereocenters. The van der Waals surface area contributed by atoms with Crippen molar-refractivity contribution in [3.63, 3.8) is 0 Å². The standard InChI is InChI=1S/C18H22N2O5/c1-11(2)8-20-17(23)14-4-3-12(7-15(14)18(20)24)16(22)19-5-6-25-10-13(19)9-21/h3-4,7,11,13,21H,5-6,8-10H2,1-2H3.